The predicted molar refractivity (Wildman–Crippen MR) is 234 cm³/mol. The monoisotopic (exact) mass is 730 g/mol. The first-order valence-corrected chi connectivity index (χ1v) is 20.0. The highest BCUT2D eigenvalue weighted by Crippen LogP contribution is 2.44. The molecule has 0 N–H and O–H groups in total. The van der Waals surface area contributed by atoms with Gasteiger partial charge < -0.3 is 18.3 Å². The Balaban J connectivity index is 0.917. The van der Waals surface area contributed by atoms with Crippen LogP contribution in [0.15, 0.2) is 133 Å². The Morgan fingerprint density at radius 1 is 0.278 bits per heavy atom. The first kappa shape index (κ1) is 30.4. The molecule has 0 bridgehead atoms. The summed E-state index contributed by atoms with van der Waals surface area (Å²) in [6, 6.07) is 50.1. The van der Waals surface area contributed by atoms with Gasteiger partial charge in [-0.15, -0.1) is 22.7 Å². The van der Waals surface area contributed by atoms with Gasteiger partial charge in [-0.05, 0) is 96.1 Å². The van der Waals surface area contributed by atoms with Crippen LogP contribution < -0.4 is 0 Å². The van der Waals surface area contributed by atoms with E-state index in [-0.39, 0.29) is 0 Å². The lowest BCUT2D eigenvalue weighted by Gasteiger charge is -2.01. The molecule has 0 aliphatic rings. The van der Waals surface area contributed by atoms with Gasteiger partial charge in [-0.2, -0.15) is 0 Å². The second-order valence-electron chi connectivity index (χ2n) is 14.8. The highest BCUT2D eigenvalue weighted by atomic mass is 32.1. The molecule has 12 aromatic rings. The van der Waals surface area contributed by atoms with E-state index in [0.29, 0.717) is 0 Å². The van der Waals surface area contributed by atoms with E-state index in [1.54, 1.807) is 0 Å². The highest BCUT2D eigenvalue weighted by Gasteiger charge is 2.18. The molecule has 4 nitrogen and oxygen atoms in total. The largest absolute Gasteiger partial charge is 0.344 e. The third-order valence-electron chi connectivity index (χ3n) is 12.1. The Hall–Kier alpha value is -6.08. The quantitative estimate of drug-likeness (QED) is 0.172. The molecule has 0 aliphatic heterocycles. The number of hydrogen-bond donors (Lipinski definition) is 0. The van der Waals surface area contributed by atoms with E-state index in [0.717, 1.165) is 0 Å². The molecular formula is C48H34N4S2. The molecule has 0 spiro atoms. The number of benzene rings is 6. The minimum absolute atomic E-state index is 1.26. The van der Waals surface area contributed by atoms with Gasteiger partial charge in [-0.1, -0.05) is 48.5 Å². The van der Waals surface area contributed by atoms with Crippen molar-refractivity contribution in [2.75, 3.05) is 0 Å². The van der Waals surface area contributed by atoms with E-state index < -0.39 is 0 Å². The molecule has 0 fully saturated rings. The van der Waals surface area contributed by atoms with E-state index in [1.807, 2.05) is 22.7 Å². The van der Waals surface area contributed by atoms with Crippen molar-refractivity contribution in [3.05, 3.63) is 133 Å². The van der Waals surface area contributed by atoms with Crippen LogP contribution in [-0.4, -0.2) is 18.3 Å². The van der Waals surface area contributed by atoms with Crippen LogP contribution in [0.25, 0.3) is 118 Å². The van der Waals surface area contributed by atoms with Crippen molar-refractivity contribution in [3.8, 4) is 30.6 Å². The topological polar surface area (TPSA) is 19.7 Å². The maximum Gasteiger partial charge on any atom is 0.0496 e. The number of aryl methyl sites for hydroxylation is 4. The van der Waals surface area contributed by atoms with Crippen molar-refractivity contribution in [3.63, 3.8) is 0 Å². The Morgan fingerprint density at radius 3 is 1.00 bits per heavy atom. The second-order valence-corrected chi connectivity index (χ2v) is 17.0. The molecule has 0 radical (unpaired) electrons. The molecular weight excluding hydrogens is 697 g/mol. The maximum absolute atomic E-state index is 2.40. The lowest BCUT2D eigenvalue weighted by molar-refractivity contribution is 1.01. The summed E-state index contributed by atoms with van der Waals surface area (Å²) >= 11 is 3.76. The number of rotatable bonds is 3. The summed E-state index contributed by atoms with van der Waals surface area (Å²) in [5.74, 6) is 0. The number of nitrogens with zero attached hydrogens (tertiary/aromatic N) is 4. The van der Waals surface area contributed by atoms with E-state index in [9.17, 15) is 0 Å². The summed E-state index contributed by atoms with van der Waals surface area (Å²) < 4.78 is 9.36. The van der Waals surface area contributed by atoms with Crippen LogP contribution in [0.3, 0.4) is 0 Å². The molecule has 6 aromatic carbocycles. The van der Waals surface area contributed by atoms with E-state index in [4.69, 9.17) is 0 Å². The summed E-state index contributed by atoms with van der Waals surface area (Å²) in [5, 5.41) is 10.4. The van der Waals surface area contributed by atoms with Gasteiger partial charge in [-0.3, -0.25) is 0 Å². The van der Waals surface area contributed by atoms with Crippen LogP contribution in [0.4, 0.5) is 0 Å². The van der Waals surface area contributed by atoms with E-state index in [2.05, 4.69) is 180 Å². The van der Waals surface area contributed by atoms with Crippen LogP contribution in [0.1, 0.15) is 0 Å². The number of para-hydroxylation sites is 2. The van der Waals surface area contributed by atoms with Gasteiger partial charge >= 0.3 is 0 Å². The molecule has 6 aromatic heterocycles. The van der Waals surface area contributed by atoms with Crippen molar-refractivity contribution >= 4 is 110 Å². The number of aromatic nitrogens is 4. The molecule has 0 atom stereocenters. The summed E-state index contributed by atoms with van der Waals surface area (Å²) in [6.45, 7) is 0. The minimum Gasteiger partial charge on any atom is -0.344 e. The summed E-state index contributed by atoms with van der Waals surface area (Å²) in [6.07, 6.45) is 0. The summed E-state index contributed by atoms with van der Waals surface area (Å²) in [4.78, 5) is 5.20. The second kappa shape index (κ2) is 10.8. The van der Waals surface area contributed by atoms with Gasteiger partial charge in [0.15, 0.2) is 0 Å². The van der Waals surface area contributed by atoms with Gasteiger partial charge in [0, 0.05) is 135 Å². The van der Waals surface area contributed by atoms with Crippen LogP contribution in [-0.2, 0) is 28.2 Å². The maximum atomic E-state index is 2.40. The summed E-state index contributed by atoms with van der Waals surface area (Å²) in [5.41, 5.74) is 12.7. The zero-order valence-electron chi connectivity index (χ0n) is 30.3. The van der Waals surface area contributed by atoms with Crippen LogP contribution >= 0.6 is 22.7 Å². The van der Waals surface area contributed by atoms with Crippen molar-refractivity contribution in [1.29, 1.82) is 0 Å². The van der Waals surface area contributed by atoms with Crippen molar-refractivity contribution in [2.45, 2.75) is 0 Å². The van der Waals surface area contributed by atoms with Crippen LogP contribution in [0.5, 0.6) is 0 Å². The molecule has 0 unspecified atom stereocenters. The van der Waals surface area contributed by atoms with Gasteiger partial charge in [0.05, 0.1) is 0 Å². The molecule has 12 rings (SSSR count). The molecule has 258 valence electrons. The van der Waals surface area contributed by atoms with Crippen molar-refractivity contribution in [2.24, 2.45) is 28.2 Å². The zero-order valence-corrected chi connectivity index (χ0v) is 31.9. The SMILES string of the molecule is Cn1c2ccccc2c2cc3c(cc21)c1cc(-c2ccc(-c4ccc(-c5ccc6c(c5)c5cc7c(cc5n6C)c5ccccc5n7C)s4)s2)ccc1n3C. The average Bonchev–Trinajstić information content (AvgIpc) is 4.07. The Bertz CT molecular complexity index is 3320. The highest BCUT2D eigenvalue weighted by molar-refractivity contribution is 7.25. The minimum atomic E-state index is 1.26. The fourth-order valence-electron chi connectivity index (χ4n) is 9.28. The molecule has 54 heavy (non-hydrogen) atoms. The molecule has 0 saturated carbocycles. The fraction of sp³-hybridized carbons (Fsp3) is 0.0833. The first-order valence-electron chi connectivity index (χ1n) is 18.4. The molecule has 0 amide bonds. The smallest absolute Gasteiger partial charge is 0.0496 e. The van der Waals surface area contributed by atoms with Gasteiger partial charge in [0.2, 0.25) is 0 Å². The average molecular weight is 731 g/mol. The van der Waals surface area contributed by atoms with E-state index >= 15 is 0 Å². The lowest BCUT2D eigenvalue weighted by atomic mass is 10.1. The Morgan fingerprint density at radius 2 is 0.593 bits per heavy atom. The third-order valence-corrected chi connectivity index (χ3v) is 14.6. The Kier molecular flexibility index (Phi) is 6.05. The fourth-order valence-corrected chi connectivity index (χ4v) is 11.4. The predicted octanol–water partition coefficient (Wildman–Crippen LogP) is 13.4. The van der Waals surface area contributed by atoms with Crippen molar-refractivity contribution in [1.82, 2.24) is 18.3 Å². The molecule has 0 saturated heterocycles. The van der Waals surface area contributed by atoms with Gasteiger partial charge in [0.1, 0.15) is 0 Å². The standard InChI is InChI=1S/C48H34N4S2/c1-49-37-11-7-5-9-29(37)33-23-43-35(25-41(33)49)31-21-27(13-15-39(31)51(43)3)45-17-19-47(53-45)48-20-18-46(54-48)28-14-16-40-32(22-28)36-26-42-34(24-44(36)52(40)4)30-10-6-8-12-38(30)50(42)2/h5-26H,1-4H3. The lowest BCUT2D eigenvalue weighted by Crippen LogP contribution is -1.87. The van der Waals surface area contributed by atoms with Crippen LogP contribution in [0, 0.1) is 0 Å². The number of fused-ring (bicyclic) bond motifs is 12. The normalized spacial score (nSPS) is 12.4. The third kappa shape index (κ3) is 4.01. The van der Waals surface area contributed by atoms with Crippen molar-refractivity contribution < 1.29 is 0 Å². The van der Waals surface area contributed by atoms with E-state index in [1.165, 1.54) is 118 Å². The van der Waals surface area contributed by atoms with Gasteiger partial charge in [0.25, 0.3) is 0 Å². The number of hydrogen-bond acceptors (Lipinski definition) is 2. The van der Waals surface area contributed by atoms with Gasteiger partial charge in [-0.25, -0.2) is 0 Å². The number of thiophene rings is 2. The Labute approximate surface area is 318 Å². The zero-order chi connectivity index (χ0) is 36.0. The molecule has 6 heteroatoms. The first-order chi connectivity index (χ1) is 26.4. The summed E-state index contributed by atoms with van der Waals surface area (Å²) in [7, 11) is 8.75. The molecule has 0 aliphatic carbocycles. The molecule has 6 heterocycles. The van der Waals surface area contributed by atoms with Crippen LogP contribution in [0.2, 0.25) is 0 Å².